The maximum atomic E-state index is 12.6. The number of nitrogens with one attached hydrogen (secondary N) is 1. The highest BCUT2D eigenvalue weighted by atomic mass is 32.1. The van der Waals surface area contributed by atoms with Gasteiger partial charge in [0.2, 0.25) is 0 Å². The molecule has 2 heterocycles. The number of rotatable bonds is 4. The molecule has 0 unspecified atom stereocenters. The summed E-state index contributed by atoms with van der Waals surface area (Å²) in [4.78, 5) is 27.0. The van der Waals surface area contributed by atoms with Gasteiger partial charge >= 0.3 is 5.97 Å². The van der Waals surface area contributed by atoms with Crippen molar-refractivity contribution in [2.45, 2.75) is 66.9 Å². The second-order valence-electron chi connectivity index (χ2n) is 9.07. The van der Waals surface area contributed by atoms with E-state index in [9.17, 15) is 9.59 Å². The zero-order valence-corrected chi connectivity index (χ0v) is 19.2. The first-order valence-electron chi connectivity index (χ1n) is 10.1. The van der Waals surface area contributed by atoms with Crippen LogP contribution < -0.4 is 5.32 Å². The smallest absolute Gasteiger partial charge is 0.349 e. The maximum absolute atomic E-state index is 12.6. The zero-order chi connectivity index (χ0) is 21.5. The van der Waals surface area contributed by atoms with Crippen molar-refractivity contribution in [3.63, 3.8) is 0 Å². The van der Waals surface area contributed by atoms with Crippen LogP contribution in [0.15, 0.2) is 6.07 Å². The Balaban J connectivity index is 1.65. The number of hydrogen-bond acceptors (Lipinski definition) is 5. The summed E-state index contributed by atoms with van der Waals surface area (Å²) in [6.07, 6.45) is 2.26. The van der Waals surface area contributed by atoms with E-state index in [-0.39, 0.29) is 11.3 Å². The highest BCUT2D eigenvalue weighted by molar-refractivity contribution is 7.14. The Morgan fingerprint density at radius 1 is 1.34 bits per heavy atom. The molecule has 0 aliphatic heterocycles. The van der Waals surface area contributed by atoms with Gasteiger partial charge in [-0.15, -0.1) is 11.3 Å². The Morgan fingerprint density at radius 3 is 2.62 bits per heavy atom. The van der Waals surface area contributed by atoms with Gasteiger partial charge in [-0.1, -0.05) is 20.8 Å². The average Bonchev–Trinajstić information content (AvgIpc) is 3.16. The van der Waals surface area contributed by atoms with Gasteiger partial charge in [-0.2, -0.15) is 5.10 Å². The van der Waals surface area contributed by atoms with Gasteiger partial charge in [-0.25, -0.2) is 4.79 Å². The molecule has 0 spiro atoms. The largest absolute Gasteiger partial charge is 0.448 e. The van der Waals surface area contributed by atoms with Crippen LogP contribution in [0.5, 0.6) is 0 Å². The quantitative estimate of drug-likeness (QED) is 0.747. The van der Waals surface area contributed by atoms with Crippen LogP contribution in [0.25, 0.3) is 0 Å². The molecule has 6 nitrogen and oxygen atoms in total. The molecule has 2 atom stereocenters. The number of fused-ring (bicyclic) bond motifs is 1. The number of hydrogen-bond donors (Lipinski definition) is 1. The number of carbonyl (C=O) groups is 2. The first kappa shape index (κ1) is 21.6. The van der Waals surface area contributed by atoms with E-state index in [1.807, 2.05) is 27.0 Å². The summed E-state index contributed by atoms with van der Waals surface area (Å²) in [6.45, 7) is 12.1. The molecular weight excluding hydrogens is 386 g/mol. The summed E-state index contributed by atoms with van der Waals surface area (Å²) >= 11 is 1.50. The third-order valence-corrected chi connectivity index (χ3v) is 7.14. The normalized spacial score (nSPS) is 17.6. The molecular formula is C22H31N3O3S. The van der Waals surface area contributed by atoms with E-state index < -0.39 is 12.1 Å². The SMILES string of the molecule is Cc1nn(C)c(C)c1NC(=O)[C@H](C)OC(=O)c1cc2c(s1)CC[C@@H](C(C)(C)C)C2. The fourth-order valence-electron chi connectivity index (χ4n) is 3.81. The van der Waals surface area contributed by atoms with Crippen molar-refractivity contribution in [2.75, 3.05) is 5.32 Å². The van der Waals surface area contributed by atoms with Gasteiger partial charge < -0.3 is 10.1 Å². The Labute approximate surface area is 176 Å². The molecule has 1 amide bonds. The molecule has 7 heteroatoms. The van der Waals surface area contributed by atoms with Gasteiger partial charge in [-0.3, -0.25) is 9.48 Å². The van der Waals surface area contributed by atoms with Crippen molar-refractivity contribution in [2.24, 2.45) is 18.4 Å². The fourth-order valence-corrected chi connectivity index (χ4v) is 4.91. The van der Waals surface area contributed by atoms with Crippen LogP contribution in [0.1, 0.15) is 65.6 Å². The van der Waals surface area contributed by atoms with Gasteiger partial charge in [0.05, 0.1) is 17.1 Å². The number of nitrogens with zero attached hydrogens (tertiary/aromatic N) is 2. The Bertz CT molecular complexity index is 936. The number of esters is 1. The lowest BCUT2D eigenvalue weighted by Crippen LogP contribution is -2.30. The number of ether oxygens (including phenoxy) is 1. The molecule has 29 heavy (non-hydrogen) atoms. The zero-order valence-electron chi connectivity index (χ0n) is 18.4. The van der Waals surface area contributed by atoms with E-state index in [1.165, 1.54) is 21.8 Å². The molecule has 3 rings (SSSR count). The van der Waals surface area contributed by atoms with Crippen molar-refractivity contribution in [1.82, 2.24) is 9.78 Å². The van der Waals surface area contributed by atoms with Crippen molar-refractivity contribution < 1.29 is 14.3 Å². The van der Waals surface area contributed by atoms with Crippen LogP contribution in [0.2, 0.25) is 0 Å². The van der Waals surface area contributed by atoms with Crippen LogP contribution in [0.3, 0.4) is 0 Å². The Hall–Kier alpha value is -2.15. The summed E-state index contributed by atoms with van der Waals surface area (Å²) < 4.78 is 7.17. The van der Waals surface area contributed by atoms with Crippen molar-refractivity contribution in [1.29, 1.82) is 0 Å². The molecule has 0 aromatic carbocycles. The minimum atomic E-state index is -0.886. The molecule has 1 N–H and O–H groups in total. The molecule has 158 valence electrons. The van der Waals surface area contributed by atoms with Gasteiger partial charge in [-0.05, 0) is 63.0 Å². The third-order valence-electron chi connectivity index (χ3n) is 5.92. The van der Waals surface area contributed by atoms with Gasteiger partial charge in [0, 0.05) is 11.9 Å². The Morgan fingerprint density at radius 2 is 2.03 bits per heavy atom. The van der Waals surface area contributed by atoms with E-state index in [0.29, 0.717) is 16.5 Å². The van der Waals surface area contributed by atoms with Crippen molar-refractivity contribution >= 4 is 28.9 Å². The average molecular weight is 418 g/mol. The van der Waals surface area contributed by atoms with Gasteiger partial charge in [0.1, 0.15) is 4.88 Å². The number of aryl methyl sites for hydroxylation is 3. The molecule has 0 saturated heterocycles. The summed E-state index contributed by atoms with van der Waals surface area (Å²) in [5.41, 5.74) is 3.77. The third kappa shape index (κ3) is 4.55. The fraction of sp³-hybridized carbons (Fsp3) is 0.591. The predicted molar refractivity (Wildman–Crippen MR) is 115 cm³/mol. The van der Waals surface area contributed by atoms with Crippen molar-refractivity contribution in [3.05, 3.63) is 32.8 Å². The second-order valence-corrected chi connectivity index (χ2v) is 10.2. The lowest BCUT2D eigenvalue weighted by Gasteiger charge is -2.33. The molecule has 2 aromatic heterocycles. The monoisotopic (exact) mass is 417 g/mol. The topological polar surface area (TPSA) is 73.2 Å². The Kier molecular flexibility index (Phi) is 5.90. The number of anilines is 1. The predicted octanol–water partition coefficient (Wildman–Crippen LogP) is 4.43. The van der Waals surface area contributed by atoms with Crippen molar-refractivity contribution in [3.8, 4) is 0 Å². The molecule has 0 bridgehead atoms. The molecule has 0 saturated carbocycles. The second kappa shape index (κ2) is 7.94. The standard InChI is InChI=1S/C22H31N3O3S/c1-12-19(13(2)25(7)24-12)23-20(26)14(3)28-21(27)18-11-15-10-16(22(4,5)6)8-9-17(15)29-18/h11,14,16H,8-10H2,1-7H3,(H,23,26)/t14-,16+/m0/s1. The maximum Gasteiger partial charge on any atom is 0.349 e. The lowest BCUT2D eigenvalue weighted by molar-refractivity contribution is -0.123. The van der Waals surface area contributed by atoms with Gasteiger partial charge in [0.15, 0.2) is 6.10 Å². The van der Waals surface area contributed by atoms with Crippen LogP contribution in [-0.2, 0) is 29.4 Å². The molecule has 1 aliphatic rings. The molecule has 2 aromatic rings. The number of amides is 1. The van der Waals surface area contributed by atoms with E-state index in [0.717, 1.165) is 30.7 Å². The summed E-state index contributed by atoms with van der Waals surface area (Å²) in [5, 5.41) is 7.12. The highest BCUT2D eigenvalue weighted by Crippen LogP contribution is 2.40. The first-order valence-corrected chi connectivity index (χ1v) is 10.9. The summed E-state index contributed by atoms with van der Waals surface area (Å²) in [7, 11) is 1.82. The van der Waals surface area contributed by atoms with E-state index in [4.69, 9.17) is 4.74 Å². The van der Waals surface area contributed by atoms with E-state index in [2.05, 4.69) is 31.2 Å². The van der Waals surface area contributed by atoms with Crippen LogP contribution >= 0.6 is 11.3 Å². The molecule has 0 fully saturated rings. The number of aromatic nitrogens is 2. The highest BCUT2D eigenvalue weighted by Gasteiger charge is 2.31. The first-order chi connectivity index (χ1) is 13.5. The van der Waals surface area contributed by atoms with Gasteiger partial charge in [0.25, 0.3) is 5.91 Å². The summed E-state index contributed by atoms with van der Waals surface area (Å²) in [6, 6.07) is 1.96. The minimum Gasteiger partial charge on any atom is -0.448 e. The van der Waals surface area contributed by atoms with Crippen LogP contribution in [0, 0.1) is 25.2 Å². The lowest BCUT2D eigenvalue weighted by atomic mass is 9.72. The number of thiophene rings is 1. The van der Waals surface area contributed by atoms with E-state index >= 15 is 0 Å². The summed E-state index contributed by atoms with van der Waals surface area (Å²) in [5.74, 6) is -0.171. The molecule has 1 aliphatic carbocycles. The number of carbonyl (C=O) groups excluding carboxylic acids is 2. The van der Waals surface area contributed by atoms with Crippen LogP contribution in [-0.4, -0.2) is 27.8 Å². The minimum absolute atomic E-state index is 0.259. The van der Waals surface area contributed by atoms with E-state index in [1.54, 1.807) is 11.6 Å². The molecule has 0 radical (unpaired) electrons. The van der Waals surface area contributed by atoms with Crippen LogP contribution in [0.4, 0.5) is 5.69 Å².